The van der Waals surface area contributed by atoms with Crippen LogP contribution in [0.2, 0.25) is 0 Å². The molecular weight excluding hydrogens is 370 g/mol. The molecule has 0 radical (unpaired) electrons. The van der Waals surface area contributed by atoms with Gasteiger partial charge in [-0.1, -0.05) is 0 Å². The number of ether oxygens (including phenoxy) is 1. The zero-order valence-corrected chi connectivity index (χ0v) is 15.6. The molecule has 2 aromatic heterocycles. The van der Waals surface area contributed by atoms with Crippen molar-refractivity contribution in [1.29, 1.82) is 0 Å². The van der Waals surface area contributed by atoms with Crippen molar-refractivity contribution in [3.05, 3.63) is 24.0 Å². The highest BCUT2D eigenvalue weighted by Gasteiger charge is 2.35. The second kappa shape index (κ2) is 7.59. The Labute approximate surface area is 161 Å². The summed E-state index contributed by atoms with van der Waals surface area (Å²) in [6.07, 6.45) is 1.49. The van der Waals surface area contributed by atoms with E-state index in [2.05, 4.69) is 25.7 Å². The average Bonchev–Trinajstić information content (AvgIpc) is 3.10. The summed E-state index contributed by atoms with van der Waals surface area (Å²) in [7, 11) is 0. The lowest BCUT2D eigenvalue weighted by molar-refractivity contribution is -0.0361. The molecule has 2 aliphatic rings. The maximum Gasteiger partial charge on any atom is 0.255 e. The van der Waals surface area contributed by atoms with E-state index in [1.165, 1.54) is 4.68 Å². The molecule has 2 fully saturated rings. The number of hydrogen-bond donors (Lipinski definition) is 3. The van der Waals surface area contributed by atoms with E-state index >= 15 is 0 Å². The van der Waals surface area contributed by atoms with Gasteiger partial charge in [-0.2, -0.15) is 15.1 Å². The lowest BCUT2D eigenvalue weighted by Crippen LogP contribution is -2.50. The van der Waals surface area contributed by atoms with Gasteiger partial charge in [0.05, 0.1) is 11.8 Å². The van der Waals surface area contributed by atoms with Crippen molar-refractivity contribution in [2.45, 2.75) is 56.8 Å². The lowest BCUT2D eigenvalue weighted by atomic mass is 9.92. The molecule has 3 heterocycles. The fraction of sp³-hybridized carbons (Fsp3) is 0.611. The van der Waals surface area contributed by atoms with Crippen molar-refractivity contribution >= 4 is 5.82 Å². The van der Waals surface area contributed by atoms with Gasteiger partial charge < -0.3 is 20.5 Å². The Morgan fingerprint density at radius 2 is 2.07 bits per heavy atom. The van der Waals surface area contributed by atoms with Gasteiger partial charge >= 0.3 is 0 Å². The number of hydrogen-bond acceptors (Lipinski definition) is 7. The van der Waals surface area contributed by atoms with Gasteiger partial charge in [-0.3, -0.25) is 0 Å². The Morgan fingerprint density at radius 1 is 1.32 bits per heavy atom. The van der Waals surface area contributed by atoms with E-state index in [4.69, 9.17) is 4.74 Å². The lowest BCUT2D eigenvalue weighted by Gasteiger charge is -2.30. The third-order valence-corrected chi connectivity index (χ3v) is 5.03. The third kappa shape index (κ3) is 4.39. The summed E-state index contributed by atoms with van der Waals surface area (Å²) in [5.74, 6) is -1.38. The van der Waals surface area contributed by atoms with Crippen LogP contribution in [0.15, 0.2) is 18.3 Å². The number of aliphatic hydroxyl groups is 1. The number of anilines is 1. The van der Waals surface area contributed by atoms with E-state index < -0.39 is 12.0 Å². The van der Waals surface area contributed by atoms with Gasteiger partial charge in [0.15, 0.2) is 0 Å². The summed E-state index contributed by atoms with van der Waals surface area (Å²) in [5, 5.41) is 20.3. The molecule has 0 bridgehead atoms. The Hall–Kier alpha value is -2.33. The highest BCUT2D eigenvalue weighted by atomic mass is 19.3. The van der Waals surface area contributed by atoms with Crippen LogP contribution in [0.3, 0.4) is 0 Å². The maximum atomic E-state index is 13.4. The molecule has 1 aliphatic heterocycles. The minimum Gasteiger partial charge on any atom is -0.471 e. The van der Waals surface area contributed by atoms with E-state index in [9.17, 15) is 13.9 Å². The summed E-state index contributed by atoms with van der Waals surface area (Å²) in [6.45, 7) is 3.12. The van der Waals surface area contributed by atoms with Crippen LogP contribution in [0.5, 0.6) is 5.88 Å². The van der Waals surface area contributed by atoms with Gasteiger partial charge in [0.25, 0.3) is 5.95 Å². The molecule has 8 nitrogen and oxygen atoms in total. The number of aromatic nitrogens is 4. The first kappa shape index (κ1) is 19.0. The quantitative estimate of drug-likeness (QED) is 0.690. The van der Waals surface area contributed by atoms with E-state index in [-0.39, 0.29) is 25.0 Å². The van der Waals surface area contributed by atoms with Gasteiger partial charge in [0, 0.05) is 44.2 Å². The van der Waals surface area contributed by atoms with Crippen LogP contribution < -0.4 is 15.4 Å². The summed E-state index contributed by atoms with van der Waals surface area (Å²) in [5.41, 5.74) is 0.502. The molecule has 0 spiro atoms. The summed E-state index contributed by atoms with van der Waals surface area (Å²) in [4.78, 5) is 8.88. The summed E-state index contributed by atoms with van der Waals surface area (Å²) in [6, 6.07) is 3.30. The minimum atomic E-state index is -2.58. The van der Waals surface area contributed by atoms with Gasteiger partial charge in [-0.15, -0.1) is 0 Å². The van der Waals surface area contributed by atoms with Crippen LogP contribution in [-0.4, -0.2) is 56.0 Å². The van der Waals surface area contributed by atoms with Crippen LogP contribution in [0.1, 0.15) is 44.4 Å². The number of nitrogens with one attached hydrogen (secondary N) is 2. The fourth-order valence-electron chi connectivity index (χ4n) is 3.23. The zero-order valence-electron chi connectivity index (χ0n) is 15.6. The molecule has 1 saturated carbocycles. The minimum absolute atomic E-state index is 0.0367. The largest absolute Gasteiger partial charge is 0.471 e. The number of halogens is 2. The molecule has 10 heteroatoms. The molecule has 0 amide bonds. The van der Waals surface area contributed by atoms with E-state index in [0.29, 0.717) is 36.2 Å². The van der Waals surface area contributed by atoms with Gasteiger partial charge in [0.1, 0.15) is 11.9 Å². The second-order valence-electron chi connectivity index (χ2n) is 7.43. The molecule has 1 aliphatic carbocycles. The van der Waals surface area contributed by atoms with Crippen molar-refractivity contribution in [1.82, 2.24) is 25.1 Å². The third-order valence-electron chi connectivity index (χ3n) is 5.03. The van der Waals surface area contributed by atoms with Crippen LogP contribution in [0.25, 0.3) is 5.95 Å². The molecule has 1 unspecified atom stereocenters. The molecule has 3 N–H and O–H groups in total. The van der Waals surface area contributed by atoms with Crippen LogP contribution in [0.4, 0.5) is 14.6 Å². The van der Waals surface area contributed by atoms with Gasteiger partial charge in [0.2, 0.25) is 11.8 Å². The number of nitrogens with zero attached hydrogens (tertiary/aromatic N) is 4. The summed E-state index contributed by atoms with van der Waals surface area (Å²) < 4.78 is 34.2. The molecule has 2 aromatic rings. The SMILES string of the molecule is CC(O)c1ccn(-c2nc(NC3CCC(F)(F)CC3)cc(OC3CNC3)n2)n1. The highest BCUT2D eigenvalue weighted by Crippen LogP contribution is 2.34. The molecule has 1 saturated heterocycles. The Morgan fingerprint density at radius 3 is 2.68 bits per heavy atom. The number of alkyl halides is 2. The van der Waals surface area contributed by atoms with Gasteiger partial charge in [-0.25, -0.2) is 13.5 Å². The predicted molar refractivity (Wildman–Crippen MR) is 97.9 cm³/mol. The molecular formula is C18H24F2N6O2. The highest BCUT2D eigenvalue weighted by molar-refractivity contribution is 5.42. The maximum absolute atomic E-state index is 13.4. The first-order valence-electron chi connectivity index (χ1n) is 9.53. The number of aliphatic hydroxyl groups excluding tert-OH is 1. The molecule has 152 valence electrons. The van der Waals surface area contributed by atoms with Crippen LogP contribution in [0, 0.1) is 0 Å². The predicted octanol–water partition coefficient (Wildman–Crippen LogP) is 2.06. The molecule has 1 atom stereocenters. The topological polar surface area (TPSA) is 97.1 Å². The van der Waals surface area contributed by atoms with E-state index in [0.717, 1.165) is 13.1 Å². The average molecular weight is 394 g/mol. The molecule has 4 rings (SSSR count). The van der Waals surface area contributed by atoms with Crippen molar-refractivity contribution in [2.24, 2.45) is 0 Å². The fourth-order valence-corrected chi connectivity index (χ4v) is 3.23. The monoisotopic (exact) mass is 394 g/mol. The summed E-state index contributed by atoms with van der Waals surface area (Å²) >= 11 is 0. The standard InChI is InChI=1S/C18H24F2N6O2/c1-11(27)14-4-7-26(25-14)17-23-15(8-16(24-17)28-13-9-21-10-13)22-12-2-5-18(19,20)6-3-12/h4,7-8,11-13,21,27H,2-3,5-6,9-10H2,1H3,(H,22,23,24). The van der Waals surface area contributed by atoms with Crippen molar-refractivity contribution in [2.75, 3.05) is 18.4 Å². The Balaban J connectivity index is 1.56. The van der Waals surface area contributed by atoms with Crippen LogP contribution >= 0.6 is 0 Å². The normalized spacial score (nSPS) is 21.1. The van der Waals surface area contributed by atoms with Crippen molar-refractivity contribution in [3.63, 3.8) is 0 Å². The smallest absolute Gasteiger partial charge is 0.255 e. The van der Waals surface area contributed by atoms with E-state index in [1.54, 1.807) is 25.3 Å². The van der Waals surface area contributed by atoms with Crippen molar-refractivity contribution < 1.29 is 18.6 Å². The Bertz CT molecular complexity index is 814. The van der Waals surface area contributed by atoms with Gasteiger partial charge in [-0.05, 0) is 25.8 Å². The Kier molecular flexibility index (Phi) is 5.15. The number of rotatable bonds is 6. The molecule has 28 heavy (non-hydrogen) atoms. The van der Waals surface area contributed by atoms with E-state index in [1.807, 2.05) is 0 Å². The first-order chi connectivity index (χ1) is 13.4. The first-order valence-corrected chi connectivity index (χ1v) is 9.53. The van der Waals surface area contributed by atoms with Crippen molar-refractivity contribution in [3.8, 4) is 11.8 Å². The molecule has 0 aromatic carbocycles. The second-order valence-corrected chi connectivity index (χ2v) is 7.43. The van der Waals surface area contributed by atoms with Crippen LogP contribution in [-0.2, 0) is 0 Å². The zero-order chi connectivity index (χ0) is 19.7.